The molecule has 0 radical (unpaired) electrons. The smallest absolute Gasteiger partial charge is 0.121 e. The van der Waals surface area contributed by atoms with E-state index >= 15 is 0 Å². The van der Waals surface area contributed by atoms with Gasteiger partial charge in [-0.1, -0.05) is 24.6 Å². The fourth-order valence-electron chi connectivity index (χ4n) is 1.34. The molecule has 0 fully saturated rings. The van der Waals surface area contributed by atoms with Gasteiger partial charge in [-0.2, -0.15) is 0 Å². The zero-order chi connectivity index (χ0) is 11.3. The lowest BCUT2D eigenvalue weighted by atomic mass is 10.2. The van der Waals surface area contributed by atoms with Crippen molar-refractivity contribution in [3.05, 3.63) is 29.3 Å². The lowest BCUT2D eigenvalue weighted by Crippen LogP contribution is -2.38. The standard InChI is InChI=1S/C12H18ClNO/c1-4-14-9(2)10(3)15-12-7-5-6-11(13)8-12/h5-10,14H,4H2,1-3H3. The highest BCUT2D eigenvalue weighted by molar-refractivity contribution is 6.30. The van der Waals surface area contributed by atoms with E-state index in [-0.39, 0.29) is 6.10 Å². The third-order valence-corrected chi connectivity index (χ3v) is 2.58. The fraction of sp³-hybridized carbons (Fsp3) is 0.500. The van der Waals surface area contributed by atoms with Gasteiger partial charge in [-0.25, -0.2) is 0 Å². The van der Waals surface area contributed by atoms with Crippen LogP contribution < -0.4 is 10.1 Å². The first-order valence-corrected chi connectivity index (χ1v) is 5.67. The summed E-state index contributed by atoms with van der Waals surface area (Å²) < 4.78 is 5.76. The molecule has 0 saturated carbocycles. The van der Waals surface area contributed by atoms with Crippen LogP contribution in [-0.4, -0.2) is 18.7 Å². The van der Waals surface area contributed by atoms with Gasteiger partial charge in [0.1, 0.15) is 11.9 Å². The van der Waals surface area contributed by atoms with Crippen molar-refractivity contribution in [3.63, 3.8) is 0 Å². The molecule has 1 N–H and O–H groups in total. The molecule has 2 nitrogen and oxygen atoms in total. The first-order chi connectivity index (χ1) is 7.13. The average Bonchev–Trinajstić information content (AvgIpc) is 2.18. The largest absolute Gasteiger partial charge is 0.489 e. The Morgan fingerprint density at radius 2 is 2.13 bits per heavy atom. The number of benzene rings is 1. The van der Waals surface area contributed by atoms with Crippen molar-refractivity contribution in [3.8, 4) is 5.75 Å². The van der Waals surface area contributed by atoms with E-state index in [4.69, 9.17) is 16.3 Å². The van der Waals surface area contributed by atoms with Crippen LogP contribution in [0.5, 0.6) is 5.75 Å². The molecular weight excluding hydrogens is 210 g/mol. The Morgan fingerprint density at radius 3 is 2.73 bits per heavy atom. The van der Waals surface area contributed by atoms with Crippen LogP contribution in [0.3, 0.4) is 0 Å². The van der Waals surface area contributed by atoms with E-state index in [1.54, 1.807) is 0 Å². The van der Waals surface area contributed by atoms with Gasteiger partial charge in [-0.05, 0) is 38.6 Å². The molecule has 0 amide bonds. The minimum absolute atomic E-state index is 0.128. The van der Waals surface area contributed by atoms with Crippen molar-refractivity contribution >= 4 is 11.6 Å². The topological polar surface area (TPSA) is 21.3 Å². The maximum atomic E-state index is 5.87. The lowest BCUT2D eigenvalue weighted by Gasteiger charge is -2.22. The molecule has 15 heavy (non-hydrogen) atoms. The highest BCUT2D eigenvalue weighted by Crippen LogP contribution is 2.18. The Kier molecular flexibility index (Phi) is 4.92. The van der Waals surface area contributed by atoms with Crippen molar-refractivity contribution < 1.29 is 4.74 Å². The Labute approximate surface area is 96.6 Å². The van der Waals surface area contributed by atoms with Crippen LogP contribution in [0, 0.1) is 0 Å². The zero-order valence-corrected chi connectivity index (χ0v) is 10.2. The minimum atomic E-state index is 0.128. The van der Waals surface area contributed by atoms with Gasteiger partial charge in [0.15, 0.2) is 0 Å². The van der Waals surface area contributed by atoms with E-state index in [0.29, 0.717) is 11.1 Å². The number of nitrogens with one attached hydrogen (secondary N) is 1. The number of hydrogen-bond acceptors (Lipinski definition) is 2. The second-order valence-electron chi connectivity index (χ2n) is 3.63. The van der Waals surface area contributed by atoms with Crippen molar-refractivity contribution in [2.75, 3.05) is 6.54 Å². The van der Waals surface area contributed by atoms with E-state index in [2.05, 4.69) is 19.2 Å². The summed E-state index contributed by atoms with van der Waals surface area (Å²) in [5.74, 6) is 0.819. The number of hydrogen-bond donors (Lipinski definition) is 1. The molecule has 0 bridgehead atoms. The molecule has 0 heterocycles. The molecule has 1 aromatic carbocycles. The van der Waals surface area contributed by atoms with Gasteiger partial charge in [0.05, 0.1) is 0 Å². The predicted octanol–water partition coefficient (Wildman–Crippen LogP) is 3.11. The monoisotopic (exact) mass is 227 g/mol. The minimum Gasteiger partial charge on any atom is -0.489 e. The Bertz CT molecular complexity index is 303. The van der Waals surface area contributed by atoms with Crippen molar-refractivity contribution in [1.29, 1.82) is 0 Å². The van der Waals surface area contributed by atoms with E-state index in [1.807, 2.05) is 31.2 Å². The van der Waals surface area contributed by atoms with Crippen molar-refractivity contribution in [1.82, 2.24) is 5.32 Å². The van der Waals surface area contributed by atoms with Crippen LogP contribution >= 0.6 is 11.6 Å². The molecule has 1 rings (SSSR count). The van der Waals surface area contributed by atoms with Crippen LogP contribution in [0.1, 0.15) is 20.8 Å². The highest BCUT2D eigenvalue weighted by atomic mass is 35.5. The zero-order valence-electron chi connectivity index (χ0n) is 9.46. The van der Waals surface area contributed by atoms with Crippen LogP contribution in [0.2, 0.25) is 5.02 Å². The molecule has 0 aliphatic carbocycles. The summed E-state index contributed by atoms with van der Waals surface area (Å²) in [4.78, 5) is 0. The maximum absolute atomic E-state index is 5.87. The van der Waals surface area contributed by atoms with Gasteiger partial charge in [0.2, 0.25) is 0 Å². The number of ether oxygens (including phenoxy) is 1. The molecule has 0 saturated heterocycles. The Balaban J connectivity index is 2.54. The van der Waals surface area contributed by atoms with E-state index in [1.165, 1.54) is 0 Å². The third-order valence-electron chi connectivity index (χ3n) is 2.35. The second kappa shape index (κ2) is 5.99. The SMILES string of the molecule is CCNC(C)C(C)Oc1cccc(Cl)c1. The van der Waals surface area contributed by atoms with Gasteiger partial charge >= 0.3 is 0 Å². The van der Waals surface area contributed by atoms with Gasteiger partial charge < -0.3 is 10.1 Å². The van der Waals surface area contributed by atoms with E-state index in [9.17, 15) is 0 Å². The summed E-state index contributed by atoms with van der Waals surface area (Å²) in [6.45, 7) is 7.19. The second-order valence-corrected chi connectivity index (χ2v) is 4.06. The Morgan fingerprint density at radius 1 is 1.40 bits per heavy atom. The summed E-state index contributed by atoms with van der Waals surface area (Å²) in [5, 5.41) is 4.03. The first-order valence-electron chi connectivity index (χ1n) is 5.29. The molecule has 1 aromatic rings. The van der Waals surface area contributed by atoms with E-state index < -0.39 is 0 Å². The van der Waals surface area contributed by atoms with Crippen LogP contribution in [0.25, 0.3) is 0 Å². The van der Waals surface area contributed by atoms with Crippen molar-refractivity contribution in [2.45, 2.75) is 32.9 Å². The highest BCUT2D eigenvalue weighted by Gasteiger charge is 2.12. The number of halogens is 1. The fourth-order valence-corrected chi connectivity index (χ4v) is 1.53. The maximum Gasteiger partial charge on any atom is 0.121 e. The summed E-state index contributed by atoms with van der Waals surface area (Å²) in [6.07, 6.45) is 0.128. The van der Waals surface area contributed by atoms with Crippen molar-refractivity contribution in [2.24, 2.45) is 0 Å². The average molecular weight is 228 g/mol. The van der Waals surface area contributed by atoms with Gasteiger partial charge in [0, 0.05) is 11.1 Å². The first kappa shape index (κ1) is 12.3. The quantitative estimate of drug-likeness (QED) is 0.835. The summed E-state index contributed by atoms with van der Waals surface area (Å²) in [5.41, 5.74) is 0. The molecular formula is C12H18ClNO. The molecule has 3 heteroatoms. The molecule has 0 spiro atoms. The molecule has 0 aliphatic rings. The van der Waals surface area contributed by atoms with Gasteiger partial charge in [-0.3, -0.25) is 0 Å². The van der Waals surface area contributed by atoms with E-state index in [0.717, 1.165) is 12.3 Å². The Hall–Kier alpha value is -0.730. The van der Waals surface area contributed by atoms with Crippen LogP contribution in [0.15, 0.2) is 24.3 Å². The van der Waals surface area contributed by atoms with Crippen LogP contribution in [-0.2, 0) is 0 Å². The van der Waals surface area contributed by atoms with Gasteiger partial charge in [-0.15, -0.1) is 0 Å². The molecule has 0 aliphatic heterocycles. The summed E-state index contributed by atoms with van der Waals surface area (Å²) in [6, 6.07) is 7.81. The third kappa shape index (κ3) is 4.10. The lowest BCUT2D eigenvalue weighted by molar-refractivity contribution is 0.179. The van der Waals surface area contributed by atoms with Gasteiger partial charge in [0.25, 0.3) is 0 Å². The molecule has 2 atom stereocenters. The molecule has 0 aromatic heterocycles. The molecule has 84 valence electrons. The summed E-state index contributed by atoms with van der Waals surface area (Å²) in [7, 11) is 0. The predicted molar refractivity (Wildman–Crippen MR) is 64.7 cm³/mol. The number of rotatable bonds is 5. The normalized spacial score (nSPS) is 14.7. The summed E-state index contributed by atoms with van der Waals surface area (Å²) >= 11 is 5.87. The number of likely N-dealkylation sites (N-methyl/N-ethyl adjacent to an activating group) is 1. The van der Waals surface area contributed by atoms with Crippen LogP contribution in [0.4, 0.5) is 0 Å². The molecule has 2 unspecified atom stereocenters.